The SMILES string of the molecule is C=CCNc1nc(C(=O)OCC(=O)N2CC(C)CC(C)C2)cs1. The van der Waals surface area contributed by atoms with Gasteiger partial charge in [0.1, 0.15) is 0 Å². The van der Waals surface area contributed by atoms with E-state index in [2.05, 4.69) is 30.7 Å². The van der Waals surface area contributed by atoms with Crippen molar-refractivity contribution < 1.29 is 14.3 Å². The number of carbonyl (C=O) groups excluding carboxylic acids is 2. The van der Waals surface area contributed by atoms with Crippen LogP contribution in [0.5, 0.6) is 0 Å². The third-order valence-corrected chi connectivity index (χ3v) is 4.46. The Morgan fingerprint density at radius 3 is 2.83 bits per heavy atom. The molecule has 1 aliphatic heterocycles. The van der Waals surface area contributed by atoms with Crippen molar-refractivity contribution in [3.63, 3.8) is 0 Å². The molecule has 1 fully saturated rings. The summed E-state index contributed by atoms with van der Waals surface area (Å²) in [7, 11) is 0. The minimum atomic E-state index is -0.570. The standard InChI is InChI=1S/C16H23N3O3S/c1-4-5-17-16-18-13(10-23-16)15(21)22-9-14(20)19-7-11(2)6-12(3)8-19/h4,10-12H,1,5-9H2,2-3H3,(H,17,18). The number of aromatic nitrogens is 1. The molecule has 7 heteroatoms. The van der Waals surface area contributed by atoms with E-state index >= 15 is 0 Å². The number of nitrogens with zero attached hydrogens (tertiary/aromatic N) is 2. The zero-order chi connectivity index (χ0) is 16.8. The average molecular weight is 337 g/mol. The number of nitrogens with one attached hydrogen (secondary N) is 1. The molecule has 6 nitrogen and oxygen atoms in total. The molecule has 2 rings (SSSR count). The van der Waals surface area contributed by atoms with E-state index in [-0.39, 0.29) is 18.2 Å². The third kappa shape index (κ3) is 5.06. The summed E-state index contributed by atoms with van der Waals surface area (Å²) in [6.07, 6.45) is 2.83. The van der Waals surface area contributed by atoms with E-state index in [0.717, 1.165) is 19.5 Å². The fourth-order valence-corrected chi connectivity index (χ4v) is 3.46. The molecule has 0 radical (unpaired) electrons. The molecule has 2 heterocycles. The summed E-state index contributed by atoms with van der Waals surface area (Å²) in [6.45, 7) is 9.67. The molecule has 126 valence electrons. The number of piperidine rings is 1. The Bertz CT molecular complexity index is 563. The van der Waals surface area contributed by atoms with Gasteiger partial charge in [0.2, 0.25) is 0 Å². The van der Waals surface area contributed by atoms with Gasteiger partial charge in [-0.25, -0.2) is 9.78 Å². The molecule has 2 atom stereocenters. The van der Waals surface area contributed by atoms with Crippen molar-refractivity contribution in [1.29, 1.82) is 0 Å². The van der Waals surface area contributed by atoms with Crippen LogP contribution in [0.1, 0.15) is 30.8 Å². The first-order valence-electron chi connectivity index (χ1n) is 7.74. The van der Waals surface area contributed by atoms with Crippen LogP contribution in [0, 0.1) is 11.8 Å². The predicted octanol–water partition coefficient (Wildman–Crippen LogP) is 2.40. The number of amides is 1. The Balaban J connectivity index is 1.82. The van der Waals surface area contributed by atoms with Gasteiger partial charge in [-0.2, -0.15) is 0 Å². The van der Waals surface area contributed by atoms with E-state index < -0.39 is 5.97 Å². The lowest BCUT2D eigenvalue weighted by Gasteiger charge is -2.34. The molecule has 1 aromatic heterocycles. The molecule has 1 saturated heterocycles. The topological polar surface area (TPSA) is 71.5 Å². The van der Waals surface area contributed by atoms with Crippen LogP contribution in [0.3, 0.4) is 0 Å². The van der Waals surface area contributed by atoms with Gasteiger partial charge in [-0.05, 0) is 18.3 Å². The first-order chi connectivity index (χ1) is 11.0. The van der Waals surface area contributed by atoms with Crippen molar-refractivity contribution in [3.8, 4) is 0 Å². The quantitative estimate of drug-likeness (QED) is 0.637. The van der Waals surface area contributed by atoms with Gasteiger partial charge in [0.15, 0.2) is 17.4 Å². The molecule has 2 unspecified atom stereocenters. The summed E-state index contributed by atoms with van der Waals surface area (Å²) < 4.78 is 5.10. The van der Waals surface area contributed by atoms with Crippen molar-refractivity contribution in [2.45, 2.75) is 20.3 Å². The Morgan fingerprint density at radius 2 is 2.17 bits per heavy atom. The van der Waals surface area contributed by atoms with Gasteiger partial charge in [-0.3, -0.25) is 4.79 Å². The maximum atomic E-state index is 12.2. The Morgan fingerprint density at radius 1 is 1.48 bits per heavy atom. The summed E-state index contributed by atoms with van der Waals surface area (Å²) in [5, 5.41) is 5.24. The second kappa shape index (κ2) is 8.10. The molecule has 0 spiro atoms. The van der Waals surface area contributed by atoms with Crippen molar-refractivity contribution in [3.05, 3.63) is 23.7 Å². The second-order valence-electron chi connectivity index (χ2n) is 6.03. The van der Waals surface area contributed by atoms with Gasteiger partial charge in [0, 0.05) is 25.0 Å². The molecule has 23 heavy (non-hydrogen) atoms. The van der Waals surface area contributed by atoms with Gasteiger partial charge >= 0.3 is 5.97 Å². The van der Waals surface area contributed by atoms with E-state index in [1.807, 2.05) is 0 Å². The van der Waals surface area contributed by atoms with E-state index in [1.54, 1.807) is 16.4 Å². The van der Waals surface area contributed by atoms with Crippen molar-refractivity contribution in [2.24, 2.45) is 11.8 Å². The summed E-state index contributed by atoms with van der Waals surface area (Å²) in [5.74, 6) is 0.252. The lowest BCUT2D eigenvalue weighted by atomic mass is 9.92. The lowest BCUT2D eigenvalue weighted by molar-refractivity contribution is -0.137. The number of rotatable bonds is 6. The molecule has 0 aliphatic carbocycles. The second-order valence-corrected chi connectivity index (χ2v) is 6.89. The molecule has 0 bridgehead atoms. The number of anilines is 1. The normalized spacial score (nSPS) is 20.9. The van der Waals surface area contributed by atoms with Crippen molar-refractivity contribution in [1.82, 2.24) is 9.88 Å². The van der Waals surface area contributed by atoms with Gasteiger partial charge < -0.3 is 15.0 Å². The fourth-order valence-electron chi connectivity index (χ4n) is 2.77. The highest BCUT2D eigenvalue weighted by atomic mass is 32.1. The van der Waals surface area contributed by atoms with Gasteiger partial charge in [0.05, 0.1) is 0 Å². The first kappa shape index (κ1) is 17.5. The molecule has 1 N–H and O–H groups in total. The van der Waals surface area contributed by atoms with E-state index in [0.29, 0.717) is 23.5 Å². The van der Waals surface area contributed by atoms with Crippen molar-refractivity contribution in [2.75, 3.05) is 31.6 Å². The summed E-state index contributed by atoms with van der Waals surface area (Å²) in [4.78, 5) is 30.0. The minimum Gasteiger partial charge on any atom is -0.451 e. The van der Waals surface area contributed by atoms with Crippen LogP contribution in [-0.4, -0.2) is 48.0 Å². The van der Waals surface area contributed by atoms with Crippen molar-refractivity contribution >= 4 is 28.3 Å². The molecule has 1 aromatic rings. The molecule has 0 aromatic carbocycles. The number of hydrogen-bond donors (Lipinski definition) is 1. The van der Waals surface area contributed by atoms with Crippen LogP contribution in [0.2, 0.25) is 0 Å². The molecular weight excluding hydrogens is 314 g/mol. The van der Waals surface area contributed by atoms with Gasteiger partial charge in [-0.15, -0.1) is 17.9 Å². The average Bonchev–Trinajstić information content (AvgIpc) is 2.98. The fraction of sp³-hybridized carbons (Fsp3) is 0.562. The first-order valence-corrected chi connectivity index (χ1v) is 8.62. The van der Waals surface area contributed by atoms with E-state index in [1.165, 1.54) is 11.3 Å². The number of carbonyl (C=O) groups is 2. The minimum absolute atomic E-state index is 0.142. The monoisotopic (exact) mass is 337 g/mol. The highest BCUT2D eigenvalue weighted by molar-refractivity contribution is 7.13. The molecular formula is C16H23N3O3S. The zero-order valence-electron chi connectivity index (χ0n) is 13.6. The predicted molar refractivity (Wildman–Crippen MR) is 90.6 cm³/mol. The Hall–Kier alpha value is -1.89. The maximum Gasteiger partial charge on any atom is 0.358 e. The van der Waals surface area contributed by atoms with Crippen LogP contribution >= 0.6 is 11.3 Å². The lowest BCUT2D eigenvalue weighted by Crippen LogP contribution is -2.44. The Labute approximate surface area is 140 Å². The Kier molecular flexibility index (Phi) is 6.15. The molecule has 0 saturated carbocycles. The number of thiazole rings is 1. The highest BCUT2D eigenvalue weighted by Crippen LogP contribution is 2.21. The number of hydrogen-bond acceptors (Lipinski definition) is 6. The summed E-state index contributed by atoms with van der Waals surface area (Å²) in [6, 6.07) is 0. The molecule has 1 amide bonds. The van der Waals surface area contributed by atoms with Crippen LogP contribution in [0.15, 0.2) is 18.0 Å². The number of ether oxygens (including phenoxy) is 1. The maximum absolute atomic E-state index is 12.2. The molecule has 1 aliphatic rings. The van der Waals surface area contributed by atoms with Crippen LogP contribution in [0.4, 0.5) is 5.13 Å². The van der Waals surface area contributed by atoms with Crippen LogP contribution < -0.4 is 5.32 Å². The van der Waals surface area contributed by atoms with E-state index in [9.17, 15) is 9.59 Å². The largest absolute Gasteiger partial charge is 0.451 e. The number of esters is 1. The van der Waals surface area contributed by atoms with Crippen LogP contribution in [-0.2, 0) is 9.53 Å². The third-order valence-electron chi connectivity index (χ3n) is 3.66. The summed E-state index contributed by atoms with van der Waals surface area (Å²) >= 11 is 1.31. The van der Waals surface area contributed by atoms with Gasteiger partial charge in [-0.1, -0.05) is 19.9 Å². The zero-order valence-corrected chi connectivity index (χ0v) is 14.4. The summed E-state index contributed by atoms with van der Waals surface area (Å²) in [5.41, 5.74) is 0.217. The number of likely N-dealkylation sites (tertiary alicyclic amines) is 1. The van der Waals surface area contributed by atoms with Gasteiger partial charge in [0.25, 0.3) is 5.91 Å². The van der Waals surface area contributed by atoms with Crippen LogP contribution in [0.25, 0.3) is 0 Å². The van der Waals surface area contributed by atoms with E-state index in [4.69, 9.17) is 4.74 Å². The highest BCUT2D eigenvalue weighted by Gasteiger charge is 2.26. The smallest absolute Gasteiger partial charge is 0.358 e.